The standard InChI is InChI=1S/C10H9NO6/c1-17-9(5-12)7-3-2-6(10(13)14)4-8(7)11(15)16/h2-5,9H,1H3,(H,13,14). The molecule has 0 saturated carbocycles. The van der Waals surface area contributed by atoms with E-state index in [1.54, 1.807) is 0 Å². The van der Waals surface area contributed by atoms with Crippen LogP contribution in [-0.2, 0) is 9.53 Å². The first-order chi connectivity index (χ1) is 8.01. The summed E-state index contributed by atoms with van der Waals surface area (Å²) in [5.41, 5.74) is -0.650. The maximum Gasteiger partial charge on any atom is 0.335 e. The summed E-state index contributed by atoms with van der Waals surface area (Å²) in [7, 11) is 1.23. The molecule has 0 aromatic heterocycles. The largest absolute Gasteiger partial charge is 0.478 e. The van der Waals surface area contributed by atoms with Crippen molar-refractivity contribution < 1.29 is 24.4 Å². The summed E-state index contributed by atoms with van der Waals surface area (Å²) in [5.74, 6) is -1.28. The predicted molar refractivity (Wildman–Crippen MR) is 55.9 cm³/mol. The Kier molecular flexibility index (Phi) is 3.89. The number of nitro benzene ring substituents is 1. The molecule has 1 aromatic carbocycles. The number of aromatic carboxylic acids is 1. The third-order valence-electron chi connectivity index (χ3n) is 2.16. The molecule has 0 radical (unpaired) electrons. The zero-order chi connectivity index (χ0) is 13.0. The van der Waals surface area contributed by atoms with Gasteiger partial charge < -0.3 is 14.6 Å². The van der Waals surface area contributed by atoms with Gasteiger partial charge in [0.1, 0.15) is 6.10 Å². The van der Waals surface area contributed by atoms with Crippen LogP contribution >= 0.6 is 0 Å². The highest BCUT2D eigenvalue weighted by Crippen LogP contribution is 2.27. The van der Waals surface area contributed by atoms with E-state index in [-0.39, 0.29) is 11.1 Å². The van der Waals surface area contributed by atoms with Crippen LogP contribution in [0.4, 0.5) is 5.69 Å². The van der Waals surface area contributed by atoms with Crippen molar-refractivity contribution in [2.24, 2.45) is 0 Å². The summed E-state index contributed by atoms with van der Waals surface area (Å²) in [4.78, 5) is 31.4. The Morgan fingerprint density at radius 2 is 2.24 bits per heavy atom. The molecule has 0 fully saturated rings. The molecule has 0 aliphatic heterocycles. The lowest BCUT2D eigenvalue weighted by Crippen LogP contribution is -2.08. The Bertz CT molecular complexity index is 470. The van der Waals surface area contributed by atoms with E-state index >= 15 is 0 Å². The summed E-state index contributed by atoms with van der Waals surface area (Å²) in [5, 5.41) is 19.5. The number of methoxy groups -OCH3 is 1. The second-order valence-corrected chi connectivity index (χ2v) is 3.13. The molecule has 0 bridgehead atoms. The maximum absolute atomic E-state index is 10.8. The molecule has 0 heterocycles. The highest BCUT2D eigenvalue weighted by molar-refractivity contribution is 5.88. The van der Waals surface area contributed by atoms with Crippen LogP contribution in [0, 0.1) is 10.1 Å². The van der Waals surface area contributed by atoms with E-state index in [4.69, 9.17) is 9.84 Å². The van der Waals surface area contributed by atoms with E-state index in [1.165, 1.54) is 19.2 Å². The van der Waals surface area contributed by atoms with Crippen molar-refractivity contribution >= 4 is 17.9 Å². The van der Waals surface area contributed by atoms with Crippen LogP contribution in [-0.4, -0.2) is 29.4 Å². The lowest BCUT2D eigenvalue weighted by Gasteiger charge is -2.09. The molecule has 17 heavy (non-hydrogen) atoms. The minimum atomic E-state index is -1.28. The highest BCUT2D eigenvalue weighted by atomic mass is 16.6. The van der Waals surface area contributed by atoms with Crippen molar-refractivity contribution in [1.82, 2.24) is 0 Å². The number of benzene rings is 1. The summed E-state index contributed by atoms with van der Waals surface area (Å²) in [6.07, 6.45) is -0.679. The third-order valence-corrected chi connectivity index (χ3v) is 2.16. The van der Waals surface area contributed by atoms with Crippen molar-refractivity contribution in [3.8, 4) is 0 Å². The smallest absolute Gasteiger partial charge is 0.335 e. The van der Waals surface area contributed by atoms with E-state index in [9.17, 15) is 19.7 Å². The molecule has 0 aliphatic carbocycles. The number of hydrogen-bond donors (Lipinski definition) is 1. The summed E-state index contributed by atoms with van der Waals surface area (Å²) in [6, 6.07) is 3.28. The number of nitro groups is 1. The molecule has 0 amide bonds. The number of nitrogens with zero attached hydrogens (tertiary/aromatic N) is 1. The zero-order valence-corrected chi connectivity index (χ0v) is 8.82. The van der Waals surface area contributed by atoms with Gasteiger partial charge in [-0.15, -0.1) is 0 Å². The van der Waals surface area contributed by atoms with Gasteiger partial charge in [0.2, 0.25) is 0 Å². The lowest BCUT2D eigenvalue weighted by molar-refractivity contribution is -0.386. The second-order valence-electron chi connectivity index (χ2n) is 3.13. The maximum atomic E-state index is 10.8. The number of ether oxygens (including phenoxy) is 1. The fourth-order valence-corrected chi connectivity index (χ4v) is 1.33. The molecule has 1 aromatic rings. The van der Waals surface area contributed by atoms with Crippen LogP contribution in [0.5, 0.6) is 0 Å². The predicted octanol–water partition coefficient (Wildman–Crippen LogP) is 1.18. The number of carbonyl (C=O) groups is 2. The van der Waals surface area contributed by atoms with Crippen LogP contribution in [0.3, 0.4) is 0 Å². The van der Waals surface area contributed by atoms with Crippen molar-refractivity contribution in [2.75, 3.05) is 7.11 Å². The number of carbonyl (C=O) groups excluding carboxylic acids is 1. The Balaban J connectivity index is 3.36. The van der Waals surface area contributed by atoms with Gasteiger partial charge in [-0.2, -0.15) is 0 Å². The van der Waals surface area contributed by atoms with Crippen LogP contribution in [0.15, 0.2) is 18.2 Å². The fourth-order valence-electron chi connectivity index (χ4n) is 1.33. The van der Waals surface area contributed by atoms with Gasteiger partial charge in [-0.1, -0.05) is 0 Å². The minimum absolute atomic E-state index is 0.0255. The molecule has 90 valence electrons. The SMILES string of the molecule is COC(C=O)c1ccc(C(=O)O)cc1[N+](=O)[O-]. The highest BCUT2D eigenvalue weighted by Gasteiger charge is 2.23. The number of hydrogen-bond acceptors (Lipinski definition) is 5. The van der Waals surface area contributed by atoms with Gasteiger partial charge in [-0.05, 0) is 12.1 Å². The van der Waals surface area contributed by atoms with Crippen LogP contribution < -0.4 is 0 Å². The van der Waals surface area contributed by atoms with Gasteiger partial charge in [0.05, 0.1) is 16.1 Å². The molecule has 7 heteroatoms. The minimum Gasteiger partial charge on any atom is -0.478 e. The van der Waals surface area contributed by atoms with Gasteiger partial charge in [0, 0.05) is 13.2 Å². The topological polar surface area (TPSA) is 107 Å². The fraction of sp³-hybridized carbons (Fsp3) is 0.200. The van der Waals surface area contributed by atoms with E-state index in [0.717, 1.165) is 6.07 Å². The van der Waals surface area contributed by atoms with Gasteiger partial charge in [-0.25, -0.2) is 4.79 Å². The van der Waals surface area contributed by atoms with Crippen molar-refractivity contribution in [3.05, 3.63) is 39.4 Å². The van der Waals surface area contributed by atoms with Gasteiger partial charge in [-0.3, -0.25) is 10.1 Å². The molecule has 0 spiro atoms. The number of aldehydes is 1. The first kappa shape index (κ1) is 12.8. The quantitative estimate of drug-likeness (QED) is 0.469. The zero-order valence-electron chi connectivity index (χ0n) is 8.82. The molecule has 1 N–H and O–H groups in total. The van der Waals surface area contributed by atoms with Crippen molar-refractivity contribution in [1.29, 1.82) is 0 Å². The van der Waals surface area contributed by atoms with Gasteiger partial charge in [0.15, 0.2) is 6.29 Å². The number of carboxylic acid groups (broad SMARTS) is 1. The van der Waals surface area contributed by atoms with Crippen molar-refractivity contribution in [2.45, 2.75) is 6.10 Å². The van der Waals surface area contributed by atoms with Crippen molar-refractivity contribution in [3.63, 3.8) is 0 Å². The van der Waals surface area contributed by atoms with Gasteiger partial charge >= 0.3 is 5.97 Å². The molecular formula is C10H9NO6. The Morgan fingerprint density at radius 3 is 2.65 bits per heavy atom. The Labute approximate surface area is 95.8 Å². The summed E-state index contributed by atoms with van der Waals surface area (Å²) in [6.45, 7) is 0. The Hall–Kier alpha value is -2.28. The van der Waals surface area contributed by atoms with E-state index in [0.29, 0.717) is 6.29 Å². The third kappa shape index (κ3) is 2.64. The average molecular weight is 239 g/mol. The lowest BCUT2D eigenvalue weighted by atomic mass is 10.0. The first-order valence-corrected chi connectivity index (χ1v) is 4.51. The molecule has 1 unspecified atom stereocenters. The van der Waals surface area contributed by atoms with Crippen LogP contribution in [0.25, 0.3) is 0 Å². The monoisotopic (exact) mass is 239 g/mol. The van der Waals surface area contributed by atoms with E-state index in [1.807, 2.05) is 0 Å². The Morgan fingerprint density at radius 1 is 1.59 bits per heavy atom. The second kappa shape index (κ2) is 5.17. The molecule has 0 saturated heterocycles. The van der Waals surface area contributed by atoms with E-state index < -0.39 is 22.7 Å². The molecule has 7 nitrogen and oxygen atoms in total. The molecule has 1 atom stereocenters. The van der Waals surface area contributed by atoms with E-state index in [2.05, 4.69) is 0 Å². The van der Waals surface area contributed by atoms with Crippen LogP contribution in [0.1, 0.15) is 22.0 Å². The molecule has 1 rings (SSSR count). The summed E-state index contributed by atoms with van der Waals surface area (Å²) < 4.78 is 4.76. The summed E-state index contributed by atoms with van der Waals surface area (Å²) >= 11 is 0. The van der Waals surface area contributed by atoms with Gasteiger partial charge in [0.25, 0.3) is 5.69 Å². The molecule has 0 aliphatic rings. The average Bonchev–Trinajstić information content (AvgIpc) is 2.30. The molecular weight excluding hydrogens is 230 g/mol. The first-order valence-electron chi connectivity index (χ1n) is 4.51. The normalized spacial score (nSPS) is 11.8. The van der Waals surface area contributed by atoms with Crippen LogP contribution in [0.2, 0.25) is 0 Å². The number of carboxylic acids is 1. The number of rotatable bonds is 5.